The van der Waals surface area contributed by atoms with Crippen molar-refractivity contribution in [2.24, 2.45) is 0 Å². The van der Waals surface area contributed by atoms with Crippen molar-refractivity contribution < 1.29 is 9.53 Å². The van der Waals surface area contributed by atoms with Crippen LogP contribution in [-0.2, 0) is 9.53 Å². The van der Waals surface area contributed by atoms with Crippen molar-refractivity contribution in [2.45, 2.75) is 19.9 Å². The molecule has 3 heteroatoms. The topological polar surface area (TPSA) is 29.5 Å². The van der Waals surface area contributed by atoms with Gasteiger partial charge in [-0.15, -0.1) is 0 Å². The van der Waals surface area contributed by atoms with E-state index in [-0.39, 0.29) is 12.0 Å². The lowest BCUT2D eigenvalue weighted by Gasteiger charge is -2.23. The van der Waals surface area contributed by atoms with E-state index >= 15 is 0 Å². The fourth-order valence-corrected chi connectivity index (χ4v) is 1.53. The third-order valence-electron chi connectivity index (χ3n) is 2.63. The number of carbonyl (C=O) groups excluding carboxylic acids is 1. The molecule has 0 saturated carbocycles. The van der Waals surface area contributed by atoms with Gasteiger partial charge in [0.2, 0.25) is 0 Å². The van der Waals surface area contributed by atoms with Gasteiger partial charge in [-0.25, -0.2) is 0 Å². The van der Waals surface area contributed by atoms with Gasteiger partial charge >= 0.3 is 5.97 Å². The molecular weight excluding hydrogens is 202 g/mol. The largest absolute Gasteiger partial charge is 0.465 e. The second-order valence-electron chi connectivity index (χ2n) is 3.81. The van der Waals surface area contributed by atoms with E-state index in [2.05, 4.69) is 19.1 Å². The average molecular weight is 221 g/mol. The van der Waals surface area contributed by atoms with Crippen LogP contribution in [0.2, 0.25) is 0 Å². The van der Waals surface area contributed by atoms with E-state index < -0.39 is 0 Å². The molecule has 1 unspecified atom stereocenters. The van der Waals surface area contributed by atoms with Gasteiger partial charge in [0.25, 0.3) is 0 Å². The number of likely N-dealkylation sites (N-methyl/N-ethyl adjacent to an activating group) is 1. The molecule has 0 N–H and O–H groups in total. The smallest absolute Gasteiger partial charge is 0.320 e. The molecule has 0 radical (unpaired) electrons. The van der Waals surface area contributed by atoms with Gasteiger partial charge < -0.3 is 4.74 Å². The van der Waals surface area contributed by atoms with Crippen LogP contribution in [0.1, 0.15) is 25.5 Å². The first kappa shape index (κ1) is 12.7. The fraction of sp³-hybridized carbons (Fsp3) is 0.462. The van der Waals surface area contributed by atoms with Crippen LogP contribution in [-0.4, -0.2) is 31.1 Å². The van der Waals surface area contributed by atoms with Gasteiger partial charge in [0, 0.05) is 6.04 Å². The lowest BCUT2D eigenvalue weighted by atomic mass is 10.1. The molecule has 0 spiro atoms. The van der Waals surface area contributed by atoms with Crippen LogP contribution in [0.4, 0.5) is 0 Å². The van der Waals surface area contributed by atoms with E-state index in [1.165, 1.54) is 5.56 Å². The molecule has 0 aliphatic heterocycles. The van der Waals surface area contributed by atoms with Crippen LogP contribution in [0.3, 0.4) is 0 Å². The number of benzene rings is 1. The molecule has 16 heavy (non-hydrogen) atoms. The number of hydrogen-bond acceptors (Lipinski definition) is 3. The van der Waals surface area contributed by atoms with Crippen molar-refractivity contribution in [1.82, 2.24) is 4.90 Å². The Balaban J connectivity index is 2.54. The molecule has 0 aliphatic carbocycles. The maximum atomic E-state index is 11.3. The van der Waals surface area contributed by atoms with Gasteiger partial charge in [0.1, 0.15) is 0 Å². The second kappa shape index (κ2) is 6.28. The van der Waals surface area contributed by atoms with E-state index in [1.54, 1.807) is 0 Å². The van der Waals surface area contributed by atoms with Crippen LogP contribution in [0.25, 0.3) is 0 Å². The van der Waals surface area contributed by atoms with Gasteiger partial charge in [0.15, 0.2) is 0 Å². The van der Waals surface area contributed by atoms with E-state index in [1.807, 2.05) is 37.1 Å². The summed E-state index contributed by atoms with van der Waals surface area (Å²) in [6, 6.07) is 10.3. The zero-order chi connectivity index (χ0) is 12.0. The van der Waals surface area contributed by atoms with Crippen molar-refractivity contribution >= 4 is 5.97 Å². The van der Waals surface area contributed by atoms with Crippen LogP contribution < -0.4 is 0 Å². The summed E-state index contributed by atoms with van der Waals surface area (Å²) in [6.45, 7) is 4.66. The van der Waals surface area contributed by atoms with Gasteiger partial charge in [-0.2, -0.15) is 0 Å². The minimum atomic E-state index is -0.173. The molecule has 0 bridgehead atoms. The van der Waals surface area contributed by atoms with E-state index in [0.29, 0.717) is 13.2 Å². The standard InChI is InChI=1S/C13H19NO2/c1-4-16-13(15)10-14(3)11(2)12-8-6-5-7-9-12/h5-9,11H,4,10H2,1-3H3. The summed E-state index contributed by atoms with van der Waals surface area (Å²) in [5, 5.41) is 0. The minimum Gasteiger partial charge on any atom is -0.465 e. The molecule has 1 atom stereocenters. The highest BCUT2D eigenvalue weighted by Crippen LogP contribution is 2.17. The molecule has 0 saturated heterocycles. The van der Waals surface area contributed by atoms with Gasteiger partial charge in [0.05, 0.1) is 13.2 Å². The molecular formula is C13H19NO2. The van der Waals surface area contributed by atoms with E-state index in [0.717, 1.165) is 0 Å². The fourth-order valence-electron chi connectivity index (χ4n) is 1.53. The van der Waals surface area contributed by atoms with Gasteiger partial charge in [-0.3, -0.25) is 9.69 Å². The highest BCUT2D eigenvalue weighted by molar-refractivity contribution is 5.71. The van der Waals surface area contributed by atoms with Crippen molar-refractivity contribution in [3.63, 3.8) is 0 Å². The zero-order valence-electron chi connectivity index (χ0n) is 10.1. The Kier molecular flexibility index (Phi) is 4.99. The minimum absolute atomic E-state index is 0.173. The van der Waals surface area contributed by atoms with Crippen molar-refractivity contribution in [3.8, 4) is 0 Å². The molecule has 0 fully saturated rings. The van der Waals surface area contributed by atoms with Gasteiger partial charge in [-0.1, -0.05) is 30.3 Å². The number of hydrogen-bond donors (Lipinski definition) is 0. The first-order chi connectivity index (χ1) is 7.65. The second-order valence-corrected chi connectivity index (χ2v) is 3.81. The number of nitrogens with zero attached hydrogens (tertiary/aromatic N) is 1. The lowest BCUT2D eigenvalue weighted by molar-refractivity contribution is -0.144. The number of carbonyl (C=O) groups is 1. The molecule has 1 aromatic carbocycles. The molecule has 1 aromatic rings. The quantitative estimate of drug-likeness (QED) is 0.714. The van der Waals surface area contributed by atoms with Crippen LogP contribution >= 0.6 is 0 Å². The lowest BCUT2D eigenvalue weighted by Crippen LogP contribution is -2.29. The maximum absolute atomic E-state index is 11.3. The third-order valence-corrected chi connectivity index (χ3v) is 2.63. The Labute approximate surface area is 97.0 Å². The highest BCUT2D eigenvalue weighted by atomic mass is 16.5. The van der Waals surface area contributed by atoms with Gasteiger partial charge in [-0.05, 0) is 26.5 Å². The summed E-state index contributed by atoms with van der Waals surface area (Å²) in [5.41, 5.74) is 1.20. The summed E-state index contributed by atoms with van der Waals surface area (Å²) < 4.78 is 4.92. The van der Waals surface area contributed by atoms with Crippen molar-refractivity contribution in [3.05, 3.63) is 35.9 Å². The summed E-state index contributed by atoms with van der Waals surface area (Å²) in [7, 11) is 1.93. The van der Waals surface area contributed by atoms with Crippen molar-refractivity contribution in [1.29, 1.82) is 0 Å². The van der Waals surface area contributed by atoms with E-state index in [4.69, 9.17) is 4.74 Å². The Morgan fingerprint density at radius 2 is 2.00 bits per heavy atom. The van der Waals surface area contributed by atoms with Crippen LogP contribution in [0.15, 0.2) is 30.3 Å². The number of esters is 1. The summed E-state index contributed by atoms with van der Waals surface area (Å²) >= 11 is 0. The summed E-state index contributed by atoms with van der Waals surface area (Å²) in [6.07, 6.45) is 0. The van der Waals surface area contributed by atoms with E-state index in [9.17, 15) is 4.79 Å². The van der Waals surface area contributed by atoms with Crippen molar-refractivity contribution in [2.75, 3.05) is 20.2 Å². The maximum Gasteiger partial charge on any atom is 0.320 e. The molecule has 0 amide bonds. The third kappa shape index (κ3) is 3.66. The summed E-state index contributed by atoms with van der Waals surface area (Å²) in [4.78, 5) is 13.3. The first-order valence-electron chi connectivity index (χ1n) is 5.56. The molecule has 3 nitrogen and oxygen atoms in total. The highest BCUT2D eigenvalue weighted by Gasteiger charge is 2.14. The number of rotatable bonds is 5. The zero-order valence-corrected chi connectivity index (χ0v) is 10.1. The molecule has 0 heterocycles. The SMILES string of the molecule is CCOC(=O)CN(C)C(C)c1ccccc1. The van der Waals surface area contributed by atoms with Crippen LogP contribution in [0.5, 0.6) is 0 Å². The molecule has 88 valence electrons. The monoisotopic (exact) mass is 221 g/mol. The Bertz CT molecular complexity index is 324. The molecule has 0 aliphatic rings. The first-order valence-corrected chi connectivity index (χ1v) is 5.56. The molecule has 1 rings (SSSR count). The predicted octanol–water partition coefficient (Wildman–Crippen LogP) is 2.24. The molecule has 0 aromatic heterocycles. The number of ether oxygens (including phenoxy) is 1. The Hall–Kier alpha value is -1.35. The normalized spacial score (nSPS) is 12.5. The predicted molar refractivity (Wildman–Crippen MR) is 64.1 cm³/mol. The Morgan fingerprint density at radius 3 is 2.56 bits per heavy atom. The average Bonchev–Trinajstić information content (AvgIpc) is 2.29. The summed E-state index contributed by atoms with van der Waals surface area (Å²) in [5.74, 6) is -0.173. The van der Waals surface area contributed by atoms with Crippen LogP contribution in [0, 0.1) is 0 Å². The Morgan fingerprint density at radius 1 is 1.38 bits per heavy atom.